The van der Waals surface area contributed by atoms with Crippen LogP contribution in [0.4, 0.5) is 0 Å². The first-order valence-electron chi connectivity index (χ1n) is 5.43. The minimum atomic E-state index is 0.520. The summed E-state index contributed by atoms with van der Waals surface area (Å²) in [5, 5.41) is 0. The van der Waals surface area contributed by atoms with Gasteiger partial charge in [-0.15, -0.1) is 0 Å². The van der Waals surface area contributed by atoms with Gasteiger partial charge < -0.3 is 0 Å². The minimum absolute atomic E-state index is 0.520. The highest BCUT2D eigenvalue weighted by molar-refractivity contribution is 5.69. The third kappa shape index (κ3) is 1.14. The SMILES string of the molecule is CC1=C(C)C2C(=C1)C=Cc1ccccc12. The van der Waals surface area contributed by atoms with E-state index in [1.807, 2.05) is 0 Å². The van der Waals surface area contributed by atoms with Gasteiger partial charge in [0.05, 0.1) is 0 Å². The summed E-state index contributed by atoms with van der Waals surface area (Å²) < 4.78 is 0. The molecule has 0 radical (unpaired) electrons. The van der Waals surface area contributed by atoms with Gasteiger partial charge in [-0.1, -0.05) is 53.6 Å². The first-order chi connectivity index (χ1) is 7.27. The second-order valence-electron chi connectivity index (χ2n) is 4.41. The molecule has 0 saturated carbocycles. The van der Waals surface area contributed by atoms with Gasteiger partial charge in [-0.25, -0.2) is 0 Å². The predicted octanol–water partition coefficient (Wildman–Crippen LogP) is 4.07. The van der Waals surface area contributed by atoms with E-state index in [0.717, 1.165) is 0 Å². The first-order valence-corrected chi connectivity index (χ1v) is 5.43. The quantitative estimate of drug-likeness (QED) is 0.584. The molecule has 0 aliphatic heterocycles. The fourth-order valence-corrected chi connectivity index (χ4v) is 2.59. The molecule has 0 fully saturated rings. The Kier molecular flexibility index (Phi) is 1.72. The van der Waals surface area contributed by atoms with Crippen molar-refractivity contribution in [2.75, 3.05) is 0 Å². The predicted molar refractivity (Wildman–Crippen MR) is 64.7 cm³/mol. The molecular formula is C15H14. The molecule has 0 N–H and O–H groups in total. The smallest absolute Gasteiger partial charge is 0.0307 e. The summed E-state index contributed by atoms with van der Waals surface area (Å²) in [6, 6.07) is 8.69. The van der Waals surface area contributed by atoms with Crippen LogP contribution in [-0.4, -0.2) is 0 Å². The largest absolute Gasteiger partial charge is 0.0619 e. The molecule has 1 atom stereocenters. The van der Waals surface area contributed by atoms with Gasteiger partial charge in [-0.2, -0.15) is 0 Å². The van der Waals surface area contributed by atoms with Gasteiger partial charge >= 0.3 is 0 Å². The maximum absolute atomic E-state index is 2.31. The highest BCUT2D eigenvalue weighted by Crippen LogP contribution is 2.44. The average Bonchev–Trinajstić information content (AvgIpc) is 2.55. The van der Waals surface area contributed by atoms with Crippen LogP contribution in [0.25, 0.3) is 6.08 Å². The highest BCUT2D eigenvalue weighted by Gasteiger charge is 2.26. The van der Waals surface area contributed by atoms with Gasteiger partial charge in [0.15, 0.2) is 0 Å². The number of fused-ring (bicyclic) bond motifs is 3. The van der Waals surface area contributed by atoms with E-state index in [-0.39, 0.29) is 0 Å². The van der Waals surface area contributed by atoms with Gasteiger partial charge in [0, 0.05) is 5.92 Å². The summed E-state index contributed by atoms with van der Waals surface area (Å²) in [6.07, 6.45) is 6.79. The standard InChI is InChI=1S/C15H14/c1-10-9-13-8-7-12-5-3-4-6-14(12)15(13)11(10)2/h3-9,15H,1-2H3. The van der Waals surface area contributed by atoms with E-state index >= 15 is 0 Å². The molecule has 74 valence electrons. The lowest BCUT2D eigenvalue weighted by atomic mass is 9.82. The molecule has 0 saturated heterocycles. The van der Waals surface area contributed by atoms with Crippen molar-refractivity contribution in [1.82, 2.24) is 0 Å². The van der Waals surface area contributed by atoms with Crippen LogP contribution in [0, 0.1) is 0 Å². The van der Waals surface area contributed by atoms with Crippen LogP contribution >= 0.6 is 0 Å². The number of rotatable bonds is 0. The van der Waals surface area contributed by atoms with Crippen LogP contribution in [0.3, 0.4) is 0 Å². The summed E-state index contributed by atoms with van der Waals surface area (Å²) in [7, 11) is 0. The number of hydrogen-bond acceptors (Lipinski definition) is 0. The van der Waals surface area contributed by atoms with E-state index in [0.29, 0.717) is 5.92 Å². The zero-order chi connectivity index (χ0) is 10.4. The number of allylic oxidation sites excluding steroid dienone is 5. The van der Waals surface area contributed by atoms with Crippen LogP contribution < -0.4 is 0 Å². The molecule has 15 heavy (non-hydrogen) atoms. The molecule has 0 heterocycles. The normalized spacial score (nSPS) is 22.5. The molecule has 0 spiro atoms. The van der Waals surface area contributed by atoms with E-state index in [1.54, 1.807) is 0 Å². The molecule has 2 aliphatic rings. The maximum Gasteiger partial charge on any atom is 0.0307 e. The van der Waals surface area contributed by atoms with E-state index in [2.05, 4.69) is 56.3 Å². The van der Waals surface area contributed by atoms with E-state index in [4.69, 9.17) is 0 Å². The Balaban J connectivity index is 2.24. The Morgan fingerprint density at radius 2 is 1.80 bits per heavy atom. The van der Waals surface area contributed by atoms with Gasteiger partial charge in [-0.3, -0.25) is 0 Å². The monoisotopic (exact) mass is 194 g/mol. The van der Waals surface area contributed by atoms with Gasteiger partial charge in [-0.05, 0) is 30.5 Å². The molecule has 0 nitrogen and oxygen atoms in total. The Morgan fingerprint density at radius 3 is 2.67 bits per heavy atom. The lowest BCUT2D eigenvalue weighted by Crippen LogP contribution is -2.05. The molecular weight excluding hydrogens is 180 g/mol. The first kappa shape index (κ1) is 8.72. The summed E-state index contributed by atoms with van der Waals surface area (Å²) in [5.74, 6) is 0.520. The van der Waals surface area contributed by atoms with Crippen LogP contribution in [0.5, 0.6) is 0 Å². The topological polar surface area (TPSA) is 0 Å². The molecule has 0 aromatic heterocycles. The number of hydrogen-bond donors (Lipinski definition) is 0. The van der Waals surface area contributed by atoms with Crippen LogP contribution in [0.1, 0.15) is 30.9 Å². The number of benzene rings is 1. The van der Waals surface area contributed by atoms with Crippen LogP contribution in [-0.2, 0) is 0 Å². The minimum Gasteiger partial charge on any atom is -0.0619 e. The molecule has 1 aromatic rings. The van der Waals surface area contributed by atoms with Crippen molar-refractivity contribution in [2.24, 2.45) is 0 Å². The maximum atomic E-state index is 2.31. The third-order valence-electron chi connectivity index (χ3n) is 3.53. The molecule has 0 heteroatoms. The molecule has 1 aromatic carbocycles. The van der Waals surface area contributed by atoms with Crippen molar-refractivity contribution in [2.45, 2.75) is 19.8 Å². The summed E-state index contributed by atoms with van der Waals surface area (Å²) in [5.41, 5.74) is 7.20. The molecule has 1 unspecified atom stereocenters. The van der Waals surface area contributed by atoms with Gasteiger partial charge in [0.2, 0.25) is 0 Å². The van der Waals surface area contributed by atoms with Crippen molar-refractivity contribution >= 4 is 6.08 Å². The molecule has 0 amide bonds. The highest BCUT2D eigenvalue weighted by atomic mass is 14.3. The Labute approximate surface area is 90.6 Å². The third-order valence-corrected chi connectivity index (χ3v) is 3.53. The Hall–Kier alpha value is -1.56. The zero-order valence-electron chi connectivity index (χ0n) is 9.12. The molecule has 2 aliphatic carbocycles. The fraction of sp³-hybridized carbons (Fsp3) is 0.200. The van der Waals surface area contributed by atoms with E-state index in [9.17, 15) is 0 Å². The Morgan fingerprint density at radius 1 is 1.00 bits per heavy atom. The van der Waals surface area contributed by atoms with Crippen molar-refractivity contribution in [3.05, 3.63) is 64.3 Å². The van der Waals surface area contributed by atoms with Crippen LogP contribution in [0.2, 0.25) is 0 Å². The fourth-order valence-electron chi connectivity index (χ4n) is 2.59. The van der Waals surface area contributed by atoms with Gasteiger partial charge in [0.25, 0.3) is 0 Å². The van der Waals surface area contributed by atoms with Crippen molar-refractivity contribution in [3.63, 3.8) is 0 Å². The lowest BCUT2D eigenvalue weighted by Gasteiger charge is -2.22. The van der Waals surface area contributed by atoms with Crippen molar-refractivity contribution < 1.29 is 0 Å². The molecule has 3 rings (SSSR count). The zero-order valence-corrected chi connectivity index (χ0v) is 9.12. The Bertz CT molecular complexity index is 513. The summed E-state index contributed by atoms with van der Waals surface area (Å²) >= 11 is 0. The summed E-state index contributed by atoms with van der Waals surface area (Å²) in [4.78, 5) is 0. The van der Waals surface area contributed by atoms with Gasteiger partial charge in [0.1, 0.15) is 0 Å². The second-order valence-corrected chi connectivity index (χ2v) is 4.41. The van der Waals surface area contributed by atoms with Crippen LogP contribution in [0.15, 0.2) is 53.1 Å². The van der Waals surface area contributed by atoms with E-state index < -0.39 is 0 Å². The van der Waals surface area contributed by atoms with Crippen molar-refractivity contribution in [1.29, 1.82) is 0 Å². The average molecular weight is 194 g/mol. The molecule has 0 bridgehead atoms. The lowest BCUT2D eigenvalue weighted by molar-refractivity contribution is 0.953. The summed E-state index contributed by atoms with van der Waals surface area (Å²) in [6.45, 7) is 4.45. The van der Waals surface area contributed by atoms with Crippen molar-refractivity contribution in [3.8, 4) is 0 Å². The van der Waals surface area contributed by atoms with E-state index in [1.165, 1.54) is 27.8 Å². The second kappa shape index (κ2) is 2.96.